The Bertz CT molecular complexity index is 546. The molecule has 1 aromatic carbocycles. The molecule has 0 amide bonds. The van der Waals surface area contributed by atoms with Crippen molar-refractivity contribution in [2.75, 3.05) is 24.3 Å². The molecular weight excluding hydrogens is 246 g/mol. The summed E-state index contributed by atoms with van der Waals surface area (Å²) in [6, 6.07) is 13.1. The Kier molecular flexibility index (Phi) is 4.61. The lowest BCUT2D eigenvalue weighted by molar-refractivity contribution is 0.748. The van der Waals surface area contributed by atoms with Crippen LogP contribution in [0.25, 0.3) is 0 Å². The van der Waals surface area contributed by atoms with Crippen LogP contribution in [0.2, 0.25) is 0 Å². The van der Waals surface area contributed by atoms with E-state index in [-0.39, 0.29) is 0 Å². The number of rotatable bonds is 5. The molecule has 20 heavy (non-hydrogen) atoms. The highest BCUT2D eigenvalue weighted by atomic mass is 15.2. The Labute approximate surface area is 121 Å². The van der Waals surface area contributed by atoms with Crippen molar-refractivity contribution >= 4 is 11.5 Å². The van der Waals surface area contributed by atoms with E-state index in [0.29, 0.717) is 6.04 Å². The van der Waals surface area contributed by atoms with Gasteiger partial charge in [-0.25, -0.2) is 4.98 Å². The Morgan fingerprint density at radius 1 is 1.15 bits per heavy atom. The molecular formula is C17H23N3. The lowest BCUT2D eigenvalue weighted by Gasteiger charge is -2.23. The van der Waals surface area contributed by atoms with Gasteiger partial charge in [0.25, 0.3) is 0 Å². The summed E-state index contributed by atoms with van der Waals surface area (Å²) >= 11 is 0. The second-order valence-electron chi connectivity index (χ2n) is 5.28. The van der Waals surface area contributed by atoms with Crippen molar-refractivity contribution in [1.82, 2.24) is 4.98 Å². The van der Waals surface area contributed by atoms with E-state index in [1.165, 1.54) is 11.1 Å². The van der Waals surface area contributed by atoms with Gasteiger partial charge < -0.3 is 10.2 Å². The number of aryl methyl sites for hydroxylation is 1. The fourth-order valence-corrected chi connectivity index (χ4v) is 2.27. The van der Waals surface area contributed by atoms with Crippen LogP contribution >= 0.6 is 0 Å². The third-order valence-electron chi connectivity index (χ3n) is 3.43. The molecule has 0 aliphatic rings. The van der Waals surface area contributed by atoms with Crippen LogP contribution in [0.4, 0.5) is 11.5 Å². The summed E-state index contributed by atoms with van der Waals surface area (Å²) in [5.41, 5.74) is 3.68. The predicted octanol–water partition coefficient (Wildman–Crippen LogP) is 4.02. The van der Waals surface area contributed by atoms with Crippen LogP contribution < -0.4 is 10.2 Å². The molecule has 0 aliphatic carbocycles. The molecule has 0 saturated heterocycles. The minimum atomic E-state index is 0.304. The molecule has 3 nitrogen and oxygen atoms in total. The molecule has 0 fully saturated rings. The van der Waals surface area contributed by atoms with Gasteiger partial charge in [0.1, 0.15) is 0 Å². The average molecular weight is 269 g/mol. The largest absolute Gasteiger partial charge is 0.375 e. The molecule has 1 aromatic heterocycles. The van der Waals surface area contributed by atoms with Crippen LogP contribution in [0.5, 0.6) is 0 Å². The van der Waals surface area contributed by atoms with Crippen LogP contribution in [0.1, 0.15) is 30.5 Å². The number of aromatic nitrogens is 1. The summed E-state index contributed by atoms with van der Waals surface area (Å²) in [5.74, 6) is 0.970. The van der Waals surface area contributed by atoms with Gasteiger partial charge in [-0.3, -0.25) is 0 Å². The lowest BCUT2D eigenvalue weighted by Crippen LogP contribution is -2.16. The summed E-state index contributed by atoms with van der Waals surface area (Å²) in [5, 5.41) is 3.61. The second-order valence-corrected chi connectivity index (χ2v) is 5.28. The van der Waals surface area contributed by atoms with Gasteiger partial charge in [0.05, 0.1) is 11.7 Å². The summed E-state index contributed by atoms with van der Waals surface area (Å²) in [6.45, 7) is 4.31. The van der Waals surface area contributed by atoms with Crippen molar-refractivity contribution in [3.8, 4) is 0 Å². The molecule has 1 N–H and O–H groups in total. The van der Waals surface area contributed by atoms with E-state index in [1.54, 1.807) is 0 Å². The number of benzene rings is 1. The van der Waals surface area contributed by atoms with E-state index in [2.05, 4.69) is 54.5 Å². The van der Waals surface area contributed by atoms with Crippen LogP contribution in [0.15, 0.2) is 42.6 Å². The summed E-state index contributed by atoms with van der Waals surface area (Å²) in [4.78, 5) is 6.47. The van der Waals surface area contributed by atoms with E-state index in [9.17, 15) is 0 Å². The van der Waals surface area contributed by atoms with Crippen molar-refractivity contribution in [3.05, 3.63) is 53.7 Å². The molecule has 106 valence electrons. The zero-order chi connectivity index (χ0) is 14.5. The third-order valence-corrected chi connectivity index (χ3v) is 3.43. The summed E-state index contributed by atoms with van der Waals surface area (Å²) in [7, 11) is 4.03. The van der Waals surface area contributed by atoms with E-state index in [4.69, 9.17) is 0 Å². The zero-order valence-electron chi connectivity index (χ0n) is 12.7. The molecule has 1 atom stereocenters. The Morgan fingerprint density at radius 2 is 1.85 bits per heavy atom. The number of nitrogens with zero attached hydrogens (tertiary/aromatic N) is 2. The molecule has 0 saturated carbocycles. The predicted molar refractivity (Wildman–Crippen MR) is 86.4 cm³/mol. The fraction of sp³-hybridized carbons (Fsp3) is 0.353. The number of hydrogen-bond acceptors (Lipinski definition) is 3. The topological polar surface area (TPSA) is 28.2 Å². The van der Waals surface area contributed by atoms with Crippen molar-refractivity contribution in [2.45, 2.75) is 26.3 Å². The maximum atomic E-state index is 4.44. The zero-order valence-corrected chi connectivity index (χ0v) is 12.7. The van der Waals surface area contributed by atoms with Crippen LogP contribution in [-0.2, 0) is 0 Å². The van der Waals surface area contributed by atoms with Gasteiger partial charge in [0.15, 0.2) is 5.82 Å². The SMILES string of the molecule is CCC(Nc1cccnc1N(C)C)c1ccc(C)cc1. The molecule has 0 bridgehead atoms. The van der Waals surface area contributed by atoms with Crippen LogP contribution in [0.3, 0.4) is 0 Å². The Morgan fingerprint density at radius 3 is 2.45 bits per heavy atom. The summed E-state index contributed by atoms with van der Waals surface area (Å²) < 4.78 is 0. The van der Waals surface area contributed by atoms with Crippen molar-refractivity contribution in [3.63, 3.8) is 0 Å². The van der Waals surface area contributed by atoms with Crippen molar-refractivity contribution in [1.29, 1.82) is 0 Å². The van der Waals surface area contributed by atoms with E-state index in [0.717, 1.165) is 17.9 Å². The number of nitrogens with one attached hydrogen (secondary N) is 1. The molecule has 0 spiro atoms. The molecule has 0 radical (unpaired) electrons. The first-order valence-corrected chi connectivity index (χ1v) is 7.07. The Balaban J connectivity index is 2.24. The quantitative estimate of drug-likeness (QED) is 0.888. The normalized spacial score (nSPS) is 12.0. The van der Waals surface area contributed by atoms with Gasteiger partial charge >= 0.3 is 0 Å². The first kappa shape index (κ1) is 14.4. The molecule has 1 heterocycles. The highest BCUT2D eigenvalue weighted by Crippen LogP contribution is 2.27. The molecule has 2 aromatic rings. The first-order valence-electron chi connectivity index (χ1n) is 7.07. The van der Waals surface area contributed by atoms with Gasteiger partial charge in [-0.1, -0.05) is 36.8 Å². The highest BCUT2D eigenvalue weighted by molar-refractivity contribution is 5.65. The number of pyridine rings is 1. The standard InChI is InChI=1S/C17H23N3/c1-5-15(14-10-8-13(2)9-11-14)19-16-7-6-12-18-17(16)20(3)4/h6-12,15,19H,5H2,1-4H3. The van der Waals surface area contributed by atoms with Gasteiger partial charge in [0.2, 0.25) is 0 Å². The maximum absolute atomic E-state index is 4.44. The van der Waals surface area contributed by atoms with Gasteiger partial charge in [-0.2, -0.15) is 0 Å². The van der Waals surface area contributed by atoms with E-state index in [1.807, 2.05) is 31.3 Å². The van der Waals surface area contributed by atoms with Gasteiger partial charge in [0, 0.05) is 20.3 Å². The van der Waals surface area contributed by atoms with Crippen molar-refractivity contribution in [2.24, 2.45) is 0 Å². The molecule has 0 aliphatic heterocycles. The maximum Gasteiger partial charge on any atom is 0.151 e. The average Bonchev–Trinajstić information content (AvgIpc) is 2.46. The summed E-state index contributed by atoms with van der Waals surface area (Å²) in [6.07, 6.45) is 2.86. The number of hydrogen-bond donors (Lipinski definition) is 1. The monoisotopic (exact) mass is 269 g/mol. The minimum Gasteiger partial charge on any atom is -0.375 e. The van der Waals surface area contributed by atoms with Crippen LogP contribution in [0, 0.1) is 6.92 Å². The first-order chi connectivity index (χ1) is 9.61. The van der Waals surface area contributed by atoms with E-state index < -0.39 is 0 Å². The molecule has 1 unspecified atom stereocenters. The third kappa shape index (κ3) is 3.29. The minimum absolute atomic E-state index is 0.304. The fourth-order valence-electron chi connectivity index (χ4n) is 2.27. The Hall–Kier alpha value is -2.03. The van der Waals surface area contributed by atoms with Gasteiger partial charge in [-0.05, 0) is 31.0 Å². The lowest BCUT2D eigenvalue weighted by atomic mass is 10.0. The second kappa shape index (κ2) is 6.42. The highest BCUT2D eigenvalue weighted by Gasteiger charge is 2.12. The number of anilines is 2. The van der Waals surface area contributed by atoms with Gasteiger partial charge in [-0.15, -0.1) is 0 Å². The van der Waals surface area contributed by atoms with Crippen molar-refractivity contribution < 1.29 is 0 Å². The molecule has 2 rings (SSSR count). The molecule has 3 heteroatoms. The van der Waals surface area contributed by atoms with E-state index >= 15 is 0 Å². The van der Waals surface area contributed by atoms with Crippen LogP contribution in [-0.4, -0.2) is 19.1 Å². The smallest absolute Gasteiger partial charge is 0.151 e.